The standard InChI is InChI=1S/C26H40N4O4/c1-9-19-10-12-20(13-11-19)22(23(31)28-18(4)5)30(15-14-27)24(32)21(16-17(2)3)29-25(33)34-26(6,7)8/h10-13,17-18,21-22H,9,15-16H2,1-8H3,(H,28,31)(H,29,33). The van der Waals surface area contributed by atoms with Gasteiger partial charge in [-0.25, -0.2) is 4.79 Å². The van der Waals surface area contributed by atoms with Gasteiger partial charge in [0.2, 0.25) is 11.8 Å². The van der Waals surface area contributed by atoms with Crippen LogP contribution in [0.25, 0.3) is 0 Å². The Morgan fingerprint density at radius 2 is 1.65 bits per heavy atom. The van der Waals surface area contributed by atoms with Crippen LogP contribution in [-0.2, 0) is 20.7 Å². The first-order valence-electron chi connectivity index (χ1n) is 11.8. The van der Waals surface area contributed by atoms with Crippen molar-refractivity contribution in [2.45, 2.75) is 92.0 Å². The molecular weight excluding hydrogens is 432 g/mol. The minimum Gasteiger partial charge on any atom is -0.444 e. The first-order chi connectivity index (χ1) is 15.8. The third-order valence-electron chi connectivity index (χ3n) is 4.91. The van der Waals surface area contributed by atoms with Crippen LogP contribution in [0, 0.1) is 17.2 Å². The molecule has 0 radical (unpaired) electrons. The molecule has 1 aromatic rings. The summed E-state index contributed by atoms with van der Waals surface area (Å²) in [4.78, 5) is 40.7. The van der Waals surface area contributed by atoms with Crippen LogP contribution < -0.4 is 10.6 Å². The second-order valence-electron chi connectivity index (χ2n) is 10.1. The number of nitrogens with one attached hydrogen (secondary N) is 2. The lowest BCUT2D eigenvalue weighted by Crippen LogP contribution is -2.54. The molecule has 1 aromatic carbocycles. The van der Waals surface area contributed by atoms with E-state index in [4.69, 9.17) is 4.74 Å². The van der Waals surface area contributed by atoms with Crippen molar-refractivity contribution in [2.24, 2.45) is 5.92 Å². The summed E-state index contributed by atoms with van der Waals surface area (Å²) in [6.45, 7) is 14.4. The molecule has 0 aromatic heterocycles. The third-order valence-corrected chi connectivity index (χ3v) is 4.91. The molecule has 0 aliphatic rings. The van der Waals surface area contributed by atoms with Gasteiger partial charge in [0.15, 0.2) is 0 Å². The minimum atomic E-state index is -1.02. The van der Waals surface area contributed by atoms with Crippen molar-refractivity contribution in [3.8, 4) is 6.07 Å². The molecule has 0 aliphatic heterocycles. The number of hydrogen-bond donors (Lipinski definition) is 2. The van der Waals surface area contributed by atoms with Gasteiger partial charge in [0.25, 0.3) is 0 Å². The Bertz CT molecular complexity index is 866. The highest BCUT2D eigenvalue weighted by atomic mass is 16.6. The molecule has 2 atom stereocenters. The first-order valence-corrected chi connectivity index (χ1v) is 11.8. The van der Waals surface area contributed by atoms with Crippen LogP contribution in [0.1, 0.15) is 79.0 Å². The highest BCUT2D eigenvalue weighted by Crippen LogP contribution is 2.24. The van der Waals surface area contributed by atoms with Gasteiger partial charge in [-0.2, -0.15) is 5.26 Å². The largest absolute Gasteiger partial charge is 0.444 e. The lowest BCUT2D eigenvalue weighted by Gasteiger charge is -2.33. The van der Waals surface area contributed by atoms with E-state index in [1.807, 2.05) is 52.8 Å². The van der Waals surface area contributed by atoms with Crippen LogP contribution >= 0.6 is 0 Å². The molecule has 0 saturated heterocycles. The minimum absolute atomic E-state index is 0.0691. The van der Waals surface area contributed by atoms with E-state index in [1.54, 1.807) is 32.9 Å². The summed E-state index contributed by atoms with van der Waals surface area (Å²) < 4.78 is 5.35. The van der Waals surface area contributed by atoms with Gasteiger partial charge in [-0.15, -0.1) is 0 Å². The highest BCUT2D eigenvalue weighted by molar-refractivity contribution is 5.92. The molecule has 8 nitrogen and oxygen atoms in total. The van der Waals surface area contributed by atoms with Crippen LogP contribution in [0.15, 0.2) is 24.3 Å². The van der Waals surface area contributed by atoms with E-state index in [-0.39, 0.29) is 24.4 Å². The summed E-state index contributed by atoms with van der Waals surface area (Å²) in [7, 11) is 0. The number of carbonyl (C=O) groups excluding carboxylic acids is 3. The van der Waals surface area contributed by atoms with Crippen molar-refractivity contribution in [1.82, 2.24) is 15.5 Å². The van der Waals surface area contributed by atoms with E-state index < -0.39 is 29.7 Å². The van der Waals surface area contributed by atoms with Gasteiger partial charge in [0.1, 0.15) is 24.2 Å². The second-order valence-corrected chi connectivity index (χ2v) is 10.1. The fraction of sp³-hybridized carbons (Fsp3) is 0.615. The molecule has 0 fully saturated rings. The number of hydrogen-bond acceptors (Lipinski definition) is 5. The Morgan fingerprint density at radius 3 is 2.09 bits per heavy atom. The number of ether oxygens (including phenoxy) is 1. The molecule has 188 valence electrons. The predicted octanol–water partition coefficient (Wildman–Crippen LogP) is 4.11. The first kappa shape index (κ1) is 29.0. The average molecular weight is 473 g/mol. The van der Waals surface area contributed by atoms with Gasteiger partial charge in [-0.1, -0.05) is 45.0 Å². The number of nitrogens with zero attached hydrogens (tertiary/aromatic N) is 2. The van der Waals surface area contributed by atoms with E-state index >= 15 is 0 Å². The topological polar surface area (TPSA) is 112 Å². The molecule has 0 aliphatic carbocycles. The zero-order valence-corrected chi connectivity index (χ0v) is 21.8. The summed E-state index contributed by atoms with van der Waals surface area (Å²) in [5, 5.41) is 15.1. The summed E-state index contributed by atoms with van der Waals surface area (Å²) in [5.74, 6) is -0.826. The quantitative estimate of drug-likeness (QED) is 0.498. The lowest BCUT2D eigenvalue weighted by molar-refractivity contribution is -0.142. The monoisotopic (exact) mass is 472 g/mol. The number of benzene rings is 1. The smallest absolute Gasteiger partial charge is 0.408 e. The van der Waals surface area contributed by atoms with Gasteiger partial charge in [0.05, 0.1) is 6.07 Å². The molecular formula is C26H40N4O4. The molecule has 0 bridgehead atoms. The molecule has 8 heteroatoms. The van der Waals surface area contributed by atoms with Crippen molar-refractivity contribution in [2.75, 3.05) is 6.54 Å². The summed E-state index contributed by atoms with van der Waals surface area (Å²) in [5.41, 5.74) is 0.955. The fourth-order valence-corrected chi connectivity index (χ4v) is 3.49. The van der Waals surface area contributed by atoms with Crippen molar-refractivity contribution >= 4 is 17.9 Å². The molecule has 1 rings (SSSR count). The maximum Gasteiger partial charge on any atom is 0.408 e. The summed E-state index contributed by atoms with van der Waals surface area (Å²) in [6.07, 6.45) is 0.437. The number of carbonyl (C=O) groups is 3. The van der Waals surface area contributed by atoms with Gasteiger partial charge < -0.3 is 20.3 Å². The van der Waals surface area contributed by atoms with Crippen LogP contribution in [0.3, 0.4) is 0 Å². The van der Waals surface area contributed by atoms with Crippen molar-refractivity contribution in [3.05, 3.63) is 35.4 Å². The summed E-state index contributed by atoms with van der Waals surface area (Å²) in [6, 6.07) is 7.31. The number of amides is 3. The second kappa shape index (κ2) is 13.0. The molecule has 0 spiro atoms. The Labute approximate surface area is 204 Å². The number of rotatable bonds is 10. The van der Waals surface area contributed by atoms with E-state index in [0.717, 1.165) is 12.0 Å². The van der Waals surface area contributed by atoms with Crippen molar-refractivity contribution < 1.29 is 19.1 Å². The van der Waals surface area contributed by atoms with E-state index in [2.05, 4.69) is 10.6 Å². The van der Waals surface area contributed by atoms with E-state index in [9.17, 15) is 19.6 Å². The Balaban J connectivity index is 3.42. The van der Waals surface area contributed by atoms with E-state index in [1.165, 1.54) is 4.90 Å². The zero-order chi connectivity index (χ0) is 26.1. The predicted molar refractivity (Wildman–Crippen MR) is 132 cm³/mol. The Kier molecular flexibility index (Phi) is 11.0. The Morgan fingerprint density at radius 1 is 1.06 bits per heavy atom. The Hall–Kier alpha value is -3.08. The molecule has 0 heterocycles. The highest BCUT2D eigenvalue weighted by Gasteiger charge is 2.36. The maximum atomic E-state index is 13.7. The van der Waals surface area contributed by atoms with E-state index in [0.29, 0.717) is 12.0 Å². The van der Waals surface area contributed by atoms with Gasteiger partial charge >= 0.3 is 6.09 Å². The molecule has 2 N–H and O–H groups in total. The number of alkyl carbamates (subject to hydrolysis) is 1. The van der Waals surface area contributed by atoms with Crippen molar-refractivity contribution in [1.29, 1.82) is 5.26 Å². The van der Waals surface area contributed by atoms with Crippen molar-refractivity contribution in [3.63, 3.8) is 0 Å². The average Bonchev–Trinajstić information content (AvgIpc) is 2.70. The molecule has 2 unspecified atom stereocenters. The molecule has 0 saturated carbocycles. The summed E-state index contributed by atoms with van der Waals surface area (Å²) >= 11 is 0. The SMILES string of the molecule is CCc1ccc(C(C(=O)NC(C)C)N(CC#N)C(=O)C(CC(C)C)NC(=O)OC(C)(C)C)cc1. The van der Waals surface area contributed by atoms with Crippen LogP contribution in [0.4, 0.5) is 4.79 Å². The molecule has 3 amide bonds. The van der Waals surface area contributed by atoms with Crippen LogP contribution in [0.2, 0.25) is 0 Å². The lowest BCUT2D eigenvalue weighted by atomic mass is 9.98. The van der Waals surface area contributed by atoms with Gasteiger partial charge in [-0.05, 0) is 64.5 Å². The van der Waals surface area contributed by atoms with Crippen LogP contribution in [0.5, 0.6) is 0 Å². The molecule has 34 heavy (non-hydrogen) atoms. The number of nitriles is 1. The normalized spacial score (nSPS) is 13.1. The zero-order valence-electron chi connectivity index (χ0n) is 21.8. The van der Waals surface area contributed by atoms with Gasteiger partial charge in [0, 0.05) is 6.04 Å². The fourth-order valence-electron chi connectivity index (χ4n) is 3.49. The van der Waals surface area contributed by atoms with Crippen LogP contribution in [-0.4, -0.2) is 47.0 Å². The third kappa shape index (κ3) is 9.42. The maximum absolute atomic E-state index is 13.7. The number of aryl methyl sites for hydroxylation is 1. The van der Waals surface area contributed by atoms with Gasteiger partial charge in [-0.3, -0.25) is 9.59 Å².